The van der Waals surface area contributed by atoms with Gasteiger partial charge < -0.3 is 9.94 Å². The number of hydrogen-bond acceptors (Lipinski definition) is 4. The molecule has 0 aliphatic carbocycles. The van der Waals surface area contributed by atoms with Crippen molar-refractivity contribution in [1.29, 1.82) is 0 Å². The number of nitrogens with zero attached hydrogens (tertiary/aromatic N) is 1. The molecule has 0 unspecified atom stereocenters. The molecule has 4 heteroatoms. The van der Waals surface area contributed by atoms with Crippen molar-refractivity contribution in [3.05, 3.63) is 29.8 Å². The van der Waals surface area contributed by atoms with Crippen molar-refractivity contribution >= 4 is 12.2 Å². The predicted molar refractivity (Wildman–Crippen MR) is 47.1 cm³/mol. The average Bonchev–Trinajstić information content (AvgIpc) is 2.08. The van der Waals surface area contributed by atoms with E-state index in [4.69, 9.17) is 9.94 Å². The van der Waals surface area contributed by atoms with Gasteiger partial charge >= 0.3 is 5.97 Å². The molecule has 0 aromatic heterocycles. The highest BCUT2D eigenvalue weighted by Crippen LogP contribution is 2.10. The molecule has 68 valence electrons. The molecule has 0 aliphatic heterocycles. The normalized spacial score (nSPS) is 10.2. The topological polar surface area (TPSA) is 58.9 Å². The van der Waals surface area contributed by atoms with Crippen molar-refractivity contribution in [3.8, 4) is 5.75 Å². The van der Waals surface area contributed by atoms with E-state index in [-0.39, 0.29) is 5.97 Å². The Kier molecular flexibility index (Phi) is 3.03. The van der Waals surface area contributed by atoms with Gasteiger partial charge in [-0.1, -0.05) is 5.16 Å². The molecule has 0 saturated heterocycles. The molecule has 0 bridgehead atoms. The van der Waals surface area contributed by atoms with Crippen LogP contribution in [0.5, 0.6) is 5.75 Å². The highest BCUT2D eigenvalue weighted by Gasteiger charge is 1.96. The summed E-state index contributed by atoms with van der Waals surface area (Å²) in [6, 6.07) is 6.60. The van der Waals surface area contributed by atoms with E-state index < -0.39 is 0 Å². The number of ether oxygens (including phenoxy) is 1. The lowest BCUT2D eigenvalue weighted by molar-refractivity contribution is -0.131. The molecule has 1 N–H and O–H groups in total. The van der Waals surface area contributed by atoms with Crippen molar-refractivity contribution in [1.82, 2.24) is 0 Å². The van der Waals surface area contributed by atoms with Gasteiger partial charge in [0.25, 0.3) is 0 Å². The Morgan fingerprint density at radius 2 is 2.08 bits per heavy atom. The molecule has 0 saturated carbocycles. The minimum Gasteiger partial charge on any atom is -0.427 e. The van der Waals surface area contributed by atoms with Crippen LogP contribution in [-0.4, -0.2) is 17.4 Å². The second-order valence-electron chi connectivity index (χ2n) is 2.41. The molecular formula is C9H9NO3. The van der Waals surface area contributed by atoms with Crippen LogP contribution in [0.15, 0.2) is 29.4 Å². The SMILES string of the molecule is CC(=O)Oc1ccc(/C=N\O)cc1. The van der Waals surface area contributed by atoms with Crippen LogP contribution in [0.4, 0.5) is 0 Å². The standard InChI is InChI=1S/C9H9NO3/c1-7(11)13-9-4-2-8(3-5-9)6-10-12/h2-6,12H,1H3/b10-6-. The second-order valence-corrected chi connectivity index (χ2v) is 2.41. The molecule has 13 heavy (non-hydrogen) atoms. The summed E-state index contributed by atoms with van der Waals surface area (Å²) in [7, 11) is 0. The van der Waals surface area contributed by atoms with E-state index in [1.54, 1.807) is 24.3 Å². The van der Waals surface area contributed by atoms with Crippen LogP contribution in [0.25, 0.3) is 0 Å². The summed E-state index contributed by atoms with van der Waals surface area (Å²) >= 11 is 0. The Hall–Kier alpha value is -1.84. The first kappa shape index (κ1) is 9.25. The zero-order valence-electron chi connectivity index (χ0n) is 7.10. The number of rotatable bonds is 2. The molecule has 0 fully saturated rings. The van der Waals surface area contributed by atoms with E-state index in [0.29, 0.717) is 5.75 Å². The third kappa shape index (κ3) is 2.94. The van der Waals surface area contributed by atoms with Gasteiger partial charge in [0.1, 0.15) is 5.75 Å². The minimum absolute atomic E-state index is 0.358. The molecule has 0 heterocycles. The maximum absolute atomic E-state index is 10.5. The fraction of sp³-hybridized carbons (Fsp3) is 0.111. The van der Waals surface area contributed by atoms with E-state index in [9.17, 15) is 4.79 Å². The van der Waals surface area contributed by atoms with Gasteiger partial charge in [-0.25, -0.2) is 0 Å². The molecule has 0 aliphatic rings. The largest absolute Gasteiger partial charge is 0.427 e. The van der Waals surface area contributed by atoms with Gasteiger partial charge in [-0.3, -0.25) is 4.79 Å². The van der Waals surface area contributed by atoms with Gasteiger partial charge in [0, 0.05) is 6.92 Å². The van der Waals surface area contributed by atoms with Crippen LogP contribution in [0, 0.1) is 0 Å². The van der Waals surface area contributed by atoms with E-state index in [2.05, 4.69) is 5.16 Å². The summed E-state index contributed by atoms with van der Waals surface area (Å²) in [6.07, 6.45) is 1.29. The third-order valence-electron chi connectivity index (χ3n) is 1.35. The summed E-state index contributed by atoms with van der Waals surface area (Å²) in [5.74, 6) is 0.117. The maximum atomic E-state index is 10.5. The first-order valence-electron chi connectivity index (χ1n) is 3.68. The van der Waals surface area contributed by atoms with Crippen molar-refractivity contribution < 1.29 is 14.7 Å². The summed E-state index contributed by atoms with van der Waals surface area (Å²) in [6.45, 7) is 1.34. The molecular weight excluding hydrogens is 170 g/mol. The third-order valence-corrected chi connectivity index (χ3v) is 1.35. The molecule has 1 aromatic carbocycles. The van der Waals surface area contributed by atoms with Crippen molar-refractivity contribution in [3.63, 3.8) is 0 Å². The van der Waals surface area contributed by atoms with E-state index in [0.717, 1.165) is 5.56 Å². The van der Waals surface area contributed by atoms with Gasteiger partial charge in [0.15, 0.2) is 0 Å². The Balaban J connectivity index is 2.75. The van der Waals surface area contributed by atoms with Gasteiger partial charge in [-0.2, -0.15) is 0 Å². The number of benzene rings is 1. The molecule has 0 radical (unpaired) electrons. The Bertz CT molecular complexity index is 316. The minimum atomic E-state index is -0.358. The van der Waals surface area contributed by atoms with Crippen LogP contribution in [-0.2, 0) is 4.79 Å². The molecule has 4 nitrogen and oxygen atoms in total. The van der Waals surface area contributed by atoms with Crippen LogP contribution in [0.1, 0.15) is 12.5 Å². The second kappa shape index (κ2) is 4.25. The summed E-state index contributed by atoms with van der Waals surface area (Å²) < 4.78 is 4.80. The highest BCUT2D eigenvalue weighted by atomic mass is 16.5. The number of oxime groups is 1. The number of carbonyl (C=O) groups excluding carboxylic acids is 1. The predicted octanol–water partition coefficient (Wildman–Crippen LogP) is 1.42. The maximum Gasteiger partial charge on any atom is 0.308 e. The van der Waals surface area contributed by atoms with E-state index in [1.807, 2.05) is 0 Å². The van der Waals surface area contributed by atoms with Gasteiger partial charge in [-0.15, -0.1) is 0 Å². The molecule has 0 atom stereocenters. The quantitative estimate of drug-likeness (QED) is 0.245. The van der Waals surface area contributed by atoms with E-state index in [1.165, 1.54) is 13.1 Å². The van der Waals surface area contributed by atoms with Crippen LogP contribution in [0.3, 0.4) is 0 Å². The first-order chi connectivity index (χ1) is 6.22. The summed E-state index contributed by atoms with van der Waals surface area (Å²) in [5, 5.41) is 11.1. The van der Waals surface area contributed by atoms with Crippen molar-refractivity contribution in [2.45, 2.75) is 6.92 Å². The van der Waals surface area contributed by atoms with Gasteiger partial charge in [-0.05, 0) is 29.8 Å². The zero-order valence-corrected chi connectivity index (χ0v) is 7.10. The lowest BCUT2D eigenvalue weighted by atomic mass is 10.2. The molecule has 1 aromatic rings. The summed E-state index contributed by atoms with van der Waals surface area (Å²) in [4.78, 5) is 10.5. The van der Waals surface area contributed by atoms with E-state index >= 15 is 0 Å². The zero-order chi connectivity index (χ0) is 9.68. The van der Waals surface area contributed by atoms with Crippen LogP contribution >= 0.6 is 0 Å². The van der Waals surface area contributed by atoms with Crippen molar-refractivity contribution in [2.24, 2.45) is 5.16 Å². The van der Waals surface area contributed by atoms with Crippen LogP contribution < -0.4 is 4.74 Å². The molecule has 1 rings (SSSR count). The number of esters is 1. The highest BCUT2D eigenvalue weighted by molar-refractivity contribution is 5.79. The first-order valence-corrected chi connectivity index (χ1v) is 3.68. The van der Waals surface area contributed by atoms with Crippen molar-refractivity contribution in [2.75, 3.05) is 0 Å². The number of hydrogen-bond donors (Lipinski definition) is 1. The summed E-state index contributed by atoms with van der Waals surface area (Å²) in [5.41, 5.74) is 0.735. The number of carbonyl (C=O) groups is 1. The monoisotopic (exact) mass is 179 g/mol. The van der Waals surface area contributed by atoms with Gasteiger partial charge in [0.2, 0.25) is 0 Å². The fourth-order valence-corrected chi connectivity index (χ4v) is 0.855. The smallest absolute Gasteiger partial charge is 0.308 e. The Labute approximate surface area is 75.4 Å². The Morgan fingerprint density at radius 3 is 2.54 bits per heavy atom. The molecule has 0 amide bonds. The Morgan fingerprint density at radius 1 is 1.46 bits per heavy atom. The fourth-order valence-electron chi connectivity index (χ4n) is 0.855. The lowest BCUT2D eigenvalue weighted by Gasteiger charge is -1.99. The van der Waals surface area contributed by atoms with Gasteiger partial charge in [0.05, 0.1) is 6.21 Å². The average molecular weight is 179 g/mol. The molecule has 0 spiro atoms. The lowest BCUT2D eigenvalue weighted by Crippen LogP contribution is -2.00. The van der Waals surface area contributed by atoms with Crippen LogP contribution in [0.2, 0.25) is 0 Å².